The van der Waals surface area contributed by atoms with Crippen LogP contribution in [0.3, 0.4) is 0 Å². The molecule has 5 heteroatoms. The predicted octanol–water partition coefficient (Wildman–Crippen LogP) is 2.37. The lowest BCUT2D eigenvalue weighted by molar-refractivity contribution is -0.134. The first-order valence-electron chi connectivity index (χ1n) is 6.94. The fourth-order valence-electron chi connectivity index (χ4n) is 3.46. The smallest absolute Gasteiger partial charge is 0.227 e. The van der Waals surface area contributed by atoms with Crippen LogP contribution in [0.1, 0.15) is 35.7 Å². The monoisotopic (exact) mass is 285 g/mol. The molecular weight excluding hydrogens is 270 g/mol. The quantitative estimate of drug-likeness (QED) is 0.851. The Bertz CT molecular complexity index is 640. The lowest BCUT2D eigenvalue weighted by atomic mass is 9.98. The Hall–Kier alpha value is -1.75. The minimum atomic E-state index is 0.191. The van der Waals surface area contributed by atoms with E-state index in [4.69, 9.17) is 0 Å². The highest BCUT2D eigenvalue weighted by Gasteiger charge is 2.42. The Morgan fingerprint density at radius 1 is 1.45 bits per heavy atom. The first kappa shape index (κ1) is 12.0. The van der Waals surface area contributed by atoms with Crippen molar-refractivity contribution < 1.29 is 4.79 Å². The van der Waals surface area contributed by atoms with Crippen LogP contribution < -0.4 is 0 Å². The van der Waals surface area contributed by atoms with Gasteiger partial charge in [0.1, 0.15) is 6.33 Å². The molecule has 2 aromatic rings. The second-order valence-corrected chi connectivity index (χ2v) is 6.27. The zero-order valence-electron chi connectivity index (χ0n) is 11.0. The van der Waals surface area contributed by atoms with Gasteiger partial charge in [0.2, 0.25) is 5.91 Å². The van der Waals surface area contributed by atoms with Crippen molar-refractivity contribution in [3.63, 3.8) is 0 Å². The SMILES string of the molecule is O=C(Cc1ccsc1)N1[C@H]2CC[C@H]1c1cncnc1C2. The normalized spacial score (nSPS) is 23.7. The lowest BCUT2D eigenvalue weighted by Crippen LogP contribution is -2.43. The molecule has 2 aliphatic rings. The van der Waals surface area contributed by atoms with Crippen molar-refractivity contribution in [2.45, 2.75) is 37.8 Å². The number of rotatable bonds is 2. The van der Waals surface area contributed by atoms with Crippen molar-refractivity contribution in [3.05, 3.63) is 46.2 Å². The van der Waals surface area contributed by atoms with Gasteiger partial charge in [0, 0.05) is 24.2 Å². The summed E-state index contributed by atoms with van der Waals surface area (Å²) >= 11 is 1.64. The minimum Gasteiger partial charge on any atom is -0.332 e. The van der Waals surface area contributed by atoms with Gasteiger partial charge in [-0.05, 0) is 35.2 Å². The predicted molar refractivity (Wildman–Crippen MR) is 76.4 cm³/mol. The molecule has 0 aliphatic carbocycles. The Morgan fingerprint density at radius 2 is 2.40 bits per heavy atom. The first-order chi connectivity index (χ1) is 9.83. The number of hydrogen-bond donors (Lipinski definition) is 0. The highest BCUT2D eigenvalue weighted by Crippen LogP contribution is 2.42. The lowest BCUT2D eigenvalue weighted by Gasteiger charge is -2.35. The maximum atomic E-state index is 12.6. The van der Waals surface area contributed by atoms with Gasteiger partial charge >= 0.3 is 0 Å². The molecule has 0 aromatic carbocycles. The number of hydrogen-bond acceptors (Lipinski definition) is 4. The van der Waals surface area contributed by atoms with Gasteiger partial charge in [0.05, 0.1) is 18.2 Å². The van der Waals surface area contributed by atoms with Crippen LogP contribution in [-0.4, -0.2) is 26.8 Å². The van der Waals surface area contributed by atoms with E-state index in [2.05, 4.69) is 20.2 Å². The fourth-order valence-corrected chi connectivity index (χ4v) is 4.13. The molecule has 4 heterocycles. The van der Waals surface area contributed by atoms with Crippen LogP contribution >= 0.6 is 11.3 Å². The van der Waals surface area contributed by atoms with Gasteiger partial charge in [-0.15, -0.1) is 0 Å². The Balaban J connectivity index is 1.63. The van der Waals surface area contributed by atoms with Gasteiger partial charge in [-0.1, -0.05) is 0 Å². The minimum absolute atomic E-state index is 0.191. The second-order valence-electron chi connectivity index (χ2n) is 5.49. The van der Waals surface area contributed by atoms with E-state index >= 15 is 0 Å². The van der Waals surface area contributed by atoms with E-state index in [9.17, 15) is 4.79 Å². The zero-order valence-corrected chi connectivity index (χ0v) is 11.8. The number of carbonyl (C=O) groups excluding carboxylic acids is 1. The molecule has 102 valence electrons. The summed E-state index contributed by atoms with van der Waals surface area (Å²) in [5.74, 6) is 0.241. The van der Waals surface area contributed by atoms with Gasteiger partial charge in [-0.3, -0.25) is 4.79 Å². The van der Waals surface area contributed by atoms with Gasteiger partial charge in [0.15, 0.2) is 0 Å². The molecule has 1 saturated heterocycles. The van der Waals surface area contributed by atoms with Gasteiger partial charge in [-0.2, -0.15) is 11.3 Å². The number of aromatic nitrogens is 2. The van der Waals surface area contributed by atoms with Crippen molar-refractivity contribution in [2.75, 3.05) is 0 Å². The zero-order chi connectivity index (χ0) is 13.5. The van der Waals surface area contributed by atoms with Crippen LogP contribution in [0.15, 0.2) is 29.4 Å². The van der Waals surface area contributed by atoms with Crippen LogP contribution in [-0.2, 0) is 17.6 Å². The third-order valence-electron chi connectivity index (χ3n) is 4.34. The summed E-state index contributed by atoms with van der Waals surface area (Å²) in [6.45, 7) is 0. The first-order valence-corrected chi connectivity index (χ1v) is 7.88. The van der Waals surface area contributed by atoms with E-state index in [0.29, 0.717) is 12.5 Å². The molecule has 4 rings (SSSR count). The van der Waals surface area contributed by atoms with Gasteiger partial charge in [0.25, 0.3) is 0 Å². The molecule has 0 unspecified atom stereocenters. The third kappa shape index (κ3) is 1.85. The average Bonchev–Trinajstić information content (AvgIpc) is 3.06. The summed E-state index contributed by atoms with van der Waals surface area (Å²) in [6.07, 6.45) is 7.01. The Labute approximate surface area is 121 Å². The molecule has 0 N–H and O–H groups in total. The molecule has 2 aromatic heterocycles. The molecular formula is C15H15N3OS. The molecule has 0 radical (unpaired) electrons. The molecule has 20 heavy (non-hydrogen) atoms. The Morgan fingerprint density at radius 3 is 3.25 bits per heavy atom. The van der Waals surface area contributed by atoms with Crippen molar-refractivity contribution in [1.29, 1.82) is 0 Å². The van der Waals surface area contributed by atoms with Crippen molar-refractivity contribution in [3.8, 4) is 0 Å². The summed E-state index contributed by atoms with van der Waals surface area (Å²) < 4.78 is 0. The fraction of sp³-hybridized carbons (Fsp3) is 0.400. The van der Waals surface area contributed by atoms with Crippen molar-refractivity contribution >= 4 is 17.2 Å². The highest BCUT2D eigenvalue weighted by molar-refractivity contribution is 7.07. The standard InChI is InChI=1S/C15H15N3OS/c19-15(5-10-3-4-20-8-10)18-11-1-2-14(18)12-7-16-9-17-13(12)6-11/h3-4,7-9,11,14H,1-2,5-6H2/t11-,14-/m0/s1. The van der Waals surface area contributed by atoms with E-state index in [1.807, 2.05) is 17.6 Å². The molecule has 2 atom stereocenters. The van der Waals surface area contributed by atoms with Crippen LogP contribution in [0.5, 0.6) is 0 Å². The maximum Gasteiger partial charge on any atom is 0.227 e. The largest absolute Gasteiger partial charge is 0.332 e. The molecule has 1 amide bonds. The summed E-state index contributed by atoms with van der Waals surface area (Å²) in [7, 11) is 0. The molecule has 2 bridgehead atoms. The number of amides is 1. The van der Waals surface area contributed by atoms with Gasteiger partial charge in [-0.25, -0.2) is 9.97 Å². The molecule has 4 nitrogen and oxygen atoms in total. The van der Waals surface area contributed by atoms with E-state index in [-0.39, 0.29) is 11.9 Å². The number of fused-ring (bicyclic) bond motifs is 4. The van der Waals surface area contributed by atoms with E-state index < -0.39 is 0 Å². The summed E-state index contributed by atoms with van der Waals surface area (Å²) in [5.41, 5.74) is 3.40. The summed E-state index contributed by atoms with van der Waals surface area (Å²) in [4.78, 5) is 23.2. The van der Waals surface area contributed by atoms with E-state index in [1.165, 1.54) is 0 Å². The molecule has 1 fully saturated rings. The second kappa shape index (κ2) is 4.66. The maximum absolute atomic E-state index is 12.6. The number of thiophene rings is 1. The van der Waals surface area contributed by atoms with Crippen LogP contribution in [0.25, 0.3) is 0 Å². The van der Waals surface area contributed by atoms with Crippen LogP contribution in [0.2, 0.25) is 0 Å². The topological polar surface area (TPSA) is 46.1 Å². The summed E-state index contributed by atoms with van der Waals surface area (Å²) in [5, 5.41) is 4.08. The highest BCUT2D eigenvalue weighted by atomic mass is 32.1. The third-order valence-corrected chi connectivity index (χ3v) is 5.07. The van der Waals surface area contributed by atoms with Gasteiger partial charge < -0.3 is 4.90 Å². The Kier molecular flexibility index (Phi) is 2.80. The van der Waals surface area contributed by atoms with E-state index in [1.54, 1.807) is 17.7 Å². The van der Waals surface area contributed by atoms with Crippen LogP contribution in [0.4, 0.5) is 0 Å². The number of nitrogens with zero attached hydrogens (tertiary/aromatic N) is 3. The van der Waals surface area contributed by atoms with Crippen molar-refractivity contribution in [1.82, 2.24) is 14.9 Å². The average molecular weight is 285 g/mol. The van der Waals surface area contributed by atoms with Crippen LogP contribution in [0, 0.1) is 0 Å². The molecule has 0 saturated carbocycles. The molecule has 2 aliphatic heterocycles. The van der Waals surface area contributed by atoms with E-state index in [0.717, 1.165) is 36.1 Å². The van der Waals surface area contributed by atoms with Crippen molar-refractivity contribution in [2.24, 2.45) is 0 Å². The molecule has 0 spiro atoms. The summed E-state index contributed by atoms with van der Waals surface area (Å²) in [6, 6.07) is 2.55. The number of carbonyl (C=O) groups is 1.